The molecule has 0 unspecified atom stereocenters. The first kappa shape index (κ1) is 25.9. The summed E-state index contributed by atoms with van der Waals surface area (Å²) in [6, 6.07) is 7.19. The number of alkyl halides is 3. The second-order valence-corrected chi connectivity index (χ2v) is 8.58. The third-order valence-electron chi connectivity index (χ3n) is 6.08. The summed E-state index contributed by atoms with van der Waals surface area (Å²) in [6.45, 7) is -0.0180. The molecule has 1 heterocycles. The minimum absolute atomic E-state index is 0.0180. The molecule has 1 aliphatic rings. The van der Waals surface area contributed by atoms with Crippen LogP contribution in [-0.2, 0) is 11.0 Å². The van der Waals surface area contributed by atoms with Gasteiger partial charge < -0.3 is 20.5 Å². The van der Waals surface area contributed by atoms with Gasteiger partial charge in [-0.25, -0.2) is 18.6 Å². The number of urea groups is 1. The molecule has 0 saturated heterocycles. The van der Waals surface area contributed by atoms with Crippen molar-refractivity contribution in [1.29, 1.82) is 0 Å². The highest BCUT2D eigenvalue weighted by molar-refractivity contribution is 6.00. The van der Waals surface area contributed by atoms with Gasteiger partial charge in [0, 0.05) is 29.1 Å². The highest BCUT2D eigenvalue weighted by Gasteiger charge is 2.45. The van der Waals surface area contributed by atoms with Crippen LogP contribution in [0.3, 0.4) is 0 Å². The number of carboxylic acid groups (broad SMARTS) is 1. The maximum Gasteiger partial charge on any atom is 0.416 e. The predicted molar refractivity (Wildman–Crippen MR) is 123 cm³/mol. The highest BCUT2D eigenvalue weighted by Crippen LogP contribution is 2.41. The average Bonchev–Trinajstić information content (AvgIpc) is 2.79. The number of aliphatic carboxylic acids is 1. The van der Waals surface area contributed by atoms with Crippen molar-refractivity contribution in [1.82, 2.24) is 4.98 Å². The zero-order chi connectivity index (χ0) is 26.8. The number of carboxylic acids is 1. The average molecular weight is 521 g/mol. The summed E-state index contributed by atoms with van der Waals surface area (Å²) in [5, 5.41) is 13.6. The van der Waals surface area contributed by atoms with Crippen molar-refractivity contribution >= 4 is 23.4 Å². The van der Waals surface area contributed by atoms with Gasteiger partial charge in [-0.05, 0) is 55.3 Å². The summed E-state index contributed by atoms with van der Waals surface area (Å²) >= 11 is 0. The molecule has 37 heavy (non-hydrogen) atoms. The Labute approximate surface area is 207 Å². The van der Waals surface area contributed by atoms with E-state index in [4.69, 9.17) is 4.74 Å². The Morgan fingerprint density at radius 1 is 1.00 bits per heavy atom. The lowest BCUT2D eigenvalue weighted by Crippen LogP contribution is -2.43. The van der Waals surface area contributed by atoms with Crippen molar-refractivity contribution in [2.75, 3.05) is 17.2 Å². The van der Waals surface area contributed by atoms with Crippen LogP contribution in [0.5, 0.6) is 5.88 Å². The van der Waals surface area contributed by atoms with Crippen LogP contribution >= 0.6 is 0 Å². The third kappa shape index (κ3) is 5.79. The molecule has 1 fully saturated rings. The van der Waals surface area contributed by atoms with Crippen molar-refractivity contribution in [3.63, 3.8) is 0 Å². The molecule has 0 aliphatic heterocycles. The maximum absolute atomic E-state index is 14.7. The van der Waals surface area contributed by atoms with Crippen LogP contribution in [0.4, 0.5) is 38.1 Å². The standard InChI is InChI=1S/C25H20F5N3O4/c26-18-6-3-15(25(28,29)30)10-20(18)33-23(36)32-16-4-5-17(19(27)11-16)14-2-7-21(31-12-14)37-13-24(22(34)35)8-1-9-24/h2-7,10-12H,1,8-9,13H2,(H,34,35)(H2,32,33,36). The third-order valence-corrected chi connectivity index (χ3v) is 6.08. The summed E-state index contributed by atoms with van der Waals surface area (Å²) in [5.41, 5.74) is -2.26. The number of aromatic nitrogens is 1. The van der Waals surface area contributed by atoms with E-state index < -0.39 is 46.5 Å². The van der Waals surface area contributed by atoms with Crippen LogP contribution < -0.4 is 15.4 Å². The van der Waals surface area contributed by atoms with E-state index in [2.05, 4.69) is 10.3 Å². The summed E-state index contributed by atoms with van der Waals surface area (Å²) < 4.78 is 72.6. The van der Waals surface area contributed by atoms with Gasteiger partial charge in [0.1, 0.15) is 23.7 Å². The van der Waals surface area contributed by atoms with E-state index in [1.807, 2.05) is 5.32 Å². The molecule has 0 radical (unpaired) electrons. The Bertz CT molecular complexity index is 1320. The molecule has 1 aromatic heterocycles. The number of nitrogens with zero attached hydrogens (tertiary/aromatic N) is 1. The largest absolute Gasteiger partial charge is 0.481 e. The fraction of sp³-hybridized carbons (Fsp3) is 0.240. The molecule has 1 saturated carbocycles. The molecule has 194 valence electrons. The van der Waals surface area contributed by atoms with Gasteiger partial charge in [0.15, 0.2) is 0 Å². The summed E-state index contributed by atoms with van der Waals surface area (Å²) in [4.78, 5) is 27.7. The molecule has 3 aromatic rings. The Morgan fingerprint density at radius 2 is 1.76 bits per heavy atom. The number of hydrogen-bond donors (Lipinski definition) is 3. The molecule has 7 nitrogen and oxygen atoms in total. The van der Waals surface area contributed by atoms with Crippen LogP contribution in [0.1, 0.15) is 24.8 Å². The van der Waals surface area contributed by atoms with Crippen LogP contribution in [0.15, 0.2) is 54.7 Å². The Morgan fingerprint density at radius 3 is 2.32 bits per heavy atom. The number of carbonyl (C=O) groups excluding carboxylic acids is 1. The minimum Gasteiger partial charge on any atom is -0.481 e. The van der Waals surface area contributed by atoms with Gasteiger partial charge in [-0.15, -0.1) is 0 Å². The van der Waals surface area contributed by atoms with Gasteiger partial charge in [-0.3, -0.25) is 4.79 Å². The van der Waals surface area contributed by atoms with Crippen LogP contribution in [0.2, 0.25) is 0 Å². The SMILES string of the molecule is O=C(Nc1ccc(-c2ccc(OCC3(C(=O)O)CCC3)nc2)c(F)c1)Nc1cc(C(F)(F)F)ccc1F. The Balaban J connectivity index is 1.39. The highest BCUT2D eigenvalue weighted by atomic mass is 19.4. The van der Waals surface area contributed by atoms with E-state index in [1.54, 1.807) is 0 Å². The lowest BCUT2D eigenvalue weighted by molar-refractivity contribution is -0.157. The topological polar surface area (TPSA) is 101 Å². The number of anilines is 2. The van der Waals surface area contributed by atoms with Crippen molar-refractivity contribution in [3.8, 4) is 17.0 Å². The second-order valence-electron chi connectivity index (χ2n) is 8.58. The molecule has 12 heteroatoms. The van der Waals surface area contributed by atoms with Crippen LogP contribution in [-0.4, -0.2) is 28.7 Å². The number of ether oxygens (including phenoxy) is 1. The van der Waals surface area contributed by atoms with Gasteiger partial charge in [0.2, 0.25) is 5.88 Å². The van der Waals surface area contributed by atoms with Gasteiger partial charge in [0.25, 0.3) is 0 Å². The van der Waals surface area contributed by atoms with Crippen molar-refractivity contribution < 1.29 is 41.4 Å². The molecular formula is C25H20F5N3O4. The summed E-state index contributed by atoms with van der Waals surface area (Å²) in [6.07, 6.45) is -1.51. The monoisotopic (exact) mass is 521 g/mol. The summed E-state index contributed by atoms with van der Waals surface area (Å²) in [5.74, 6) is -2.54. The number of amides is 2. The maximum atomic E-state index is 14.7. The molecule has 3 N–H and O–H groups in total. The van der Waals surface area contributed by atoms with E-state index in [9.17, 15) is 36.6 Å². The van der Waals surface area contributed by atoms with E-state index in [0.717, 1.165) is 12.5 Å². The van der Waals surface area contributed by atoms with E-state index in [1.165, 1.54) is 30.5 Å². The molecule has 0 spiro atoms. The second kappa shape index (κ2) is 10.0. The van der Waals surface area contributed by atoms with E-state index >= 15 is 0 Å². The van der Waals surface area contributed by atoms with Crippen molar-refractivity contribution in [3.05, 3.63) is 71.9 Å². The fourth-order valence-corrected chi connectivity index (χ4v) is 3.77. The van der Waals surface area contributed by atoms with Crippen molar-refractivity contribution in [2.45, 2.75) is 25.4 Å². The lowest BCUT2D eigenvalue weighted by Gasteiger charge is -2.36. The Kier molecular flexibility index (Phi) is 7.01. The van der Waals surface area contributed by atoms with Gasteiger partial charge >= 0.3 is 18.2 Å². The minimum atomic E-state index is -4.73. The molecule has 2 amide bonds. The number of halogens is 5. The number of benzene rings is 2. The number of nitrogens with one attached hydrogen (secondary N) is 2. The number of rotatable bonds is 7. The zero-order valence-electron chi connectivity index (χ0n) is 19.0. The predicted octanol–water partition coefficient (Wildman–Crippen LogP) is 6.32. The molecule has 1 aliphatic carbocycles. The van der Waals surface area contributed by atoms with Crippen LogP contribution in [0, 0.1) is 17.0 Å². The molecule has 0 atom stereocenters. The van der Waals surface area contributed by atoms with E-state index in [0.29, 0.717) is 36.6 Å². The van der Waals surface area contributed by atoms with Gasteiger partial charge in [-0.2, -0.15) is 13.2 Å². The first-order valence-corrected chi connectivity index (χ1v) is 11.0. The number of pyridine rings is 1. The molecule has 0 bridgehead atoms. The fourth-order valence-electron chi connectivity index (χ4n) is 3.77. The quantitative estimate of drug-likeness (QED) is 0.316. The molecule has 2 aromatic carbocycles. The first-order valence-electron chi connectivity index (χ1n) is 11.0. The first-order chi connectivity index (χ1) is 17.5. The number of hydrogen-bond acceptors (Lipinski definition) is 4. The van der Waals surface area contributed by atoms with E-state index in [-0.39, 0.29) is 23.7 Å². The zero-order valence-corrected chi connectivity index (χ0v) is 19.0. The smallest absolute Gasteiger partial charge is 0.416 e. The van der Waals surface area contributed by atoms with Gasteiger partial charge in [-0.1, -0.05) is 6.42 Å². The normalized spacial score (nSPS) is 14.4. The molecular weight excluding hydrogens is 501 g/mol. The Hall–Kier alpha value is -4.22. The number of carbonyl (C=O) groups is 2. The summed E-state index contributed by atoms with van der Waals surface area (Å²) in [7, 11) is 0. The lowest BCUT2D eigenvalue weighted by atomic mass is 9.69. The van der Waals surface area contributed by atoms with Crippen LogP contribution in [0.25, 0.3) is 11.1 Å². The van der Waals surface area contributed by atoms with Gasteiger partial charge in [0.05, 0.1) is 11.3 Å². The molecule has 4 rings (SSSR count). The van der Waals surface area contributed by atoms with Crippen molar-refractivity contribution in [2.24, 2.45) is 5.41 Å².